The van der Waals surface area contributed by atoms with Gasteiger partial charge in [-0.3, -0.25) is 4.79 Å². The molecule has 4 aromatic rings. The second-order valence-corrected chi connectivity index (χ2v) is 6.65. The summed E-state index contributed by atoms with van der Waals surface area (Å²) >= 11 is 0. The highest BCUT2D eigenvalue weighted by Crippen LogP contribution is 2.24. The number of para-hydroxylation sites is 1. The van der Waals surface area contributed by atoms with Crippen molar-refractivity contribution in [1.82, 2.24) is 10.4 Å². The maximum atomic E-state index is 12.9. The van der Waals surface area contributed by atoms with Crippen molar-refractivity contribution in [2.24, 2.45) is 5.10 Å². The van der Waals surface area contributed by atoms with Crippen LogP contribution in [0.15, 0.2) is 90.0 Å². The van der Waals surface area contributed by atoms with Gasteiger partial charge in [0.2, 0.25) is 0 Å². The molecule has 0 radical (unpaired) electrons. The lowest BCUT2D eigenvalue weighted by Gasteiger charge is -2.09. The van der Waals surface area contributed by atoms with Crippen molar-refractivity contribution < 1.29 is 9.53 Å². The van der Waals surface area contributed by atoms with Crippen molar-refractivity contribution in [2.75, 3.05) is 6.61 Å². The largest absolute Gasteiger partial charge is 0.479 e. The molecule has 0 bridgehead atoms. The van der Waals surface area contributed by atoms with E-state index in [-0.39, 0.29) is 12.5 Å². The summed E-state index contributed by atoms with van der Waals surface area (Å²) in [6.07, 6.45) is 1.55. The van der Waals surface area contributed by atoms with Gasteiger partial charge in [0.25, 0.3) is 5.91 Å². The Morgan fingerprint density at radius 3 is 2.55 bits per heavy atom. The van der Waals surface area contributed by atoms with Crippen LogP contribution in [0, 0.1) is 11.3 Å². The number of benzene rings is 3. The summed E-state index contributed by atoms with van der Waals surface area (Å²) in [6, 6.07) is 28.0. The number of hydrogen-bond donors (Lipinski definition) is 1. The number of nitrogens with one attached hydrogen (secondary N) is 1. The Bertz CT molecular complexity index is 1280. The number of carbonyl (C=O) groups excluding carboxylic acids is 1. The molecule has 4 rings (SSSR count). The van der Waals surface area contributed by atoms with Crippen molar-refractivity contribution in [3.63, 3.8) is 0 Å². The van der Waals surface area contributed by atoms with Crippen LogP contribution in [0.2, 0.25) is 0 Å². The minimum Gasteiger partial charge on any atom is -0.479 e. The highest BCUT2D eigenvalue weighted by molar-refractivity contribution is 6.07. The number of carbonyl (C=O) groups is 1. The van der Waals surface area contributed by atoms with E-state index in [4.69, 9.17) is 15.0 Å². The molecular formula is C25H18N4O2. The second-order valence-electron chi connectivity index (χ2n) is 6.65. The molecule has 150 valence electrons. The van der Waals surface area contributed by atoms with E-state index in [0.29, 0.717) is 11.3 Å². The molecule has 0 aliphatic heterocycles. The van der Waals surface area contributed by atoms with Gasteiger partial charge in [-0.25, -0.2) is 10.4 Å². The van der Waals surface area contributed by atoms with Gasteiger partial charge in [-0.1, -0.05) is 48.5 Å². The number of pyridine rings is 1. The van der Waals surface area contributed by atoms with E-state index in [0.717, 1.165) is 27.7 Å². The van der Waals surface area contributed by atoms with E-state index in [1.54, 1.807) is 36.5 Å². The Labute approximate surface area is 179 Å². The number of ether oxygens (including phenoxy) is 1. The molecule has 6 heteroatoms. The van der Waals surface area contributed by atoms with E-state index >= 15 is 0 Å². The summed E-state index contributed by atoms with van der Waals surface area (Å²) in [6.45, 7) is -0.00560. The van der Waals surface area contributed by atoms with Crippen molar-refractivity contribution >= 4 is 23.0 Å². The molecule has 0 saturated carbocycles. The zero-order valence-corrected chi connectivity index (χ0v) is 16.5. The lowest BCUT2D eigenvalue weighted by atomic mass is 10.0. The first kappa shape index (κ1) is 19.8. The highest BCUT2D eigenvalue weighted by Gasteiger charge is 2.13. The minimum atomic E-state index is -0.319. The molecule has 1 N–H and O–H groups in total. The fourth-order valence-electron chi connectivity index (χ4n) is 3.11. The van der Waals surface area contributed by atoms with Crippen LogP contribution in [0.1, 0.15) is 15.9 Å². The number of nitriles is 1. The smallest absolute Gasteiger partial charge is 0.272 e. The summed E-state index contributed by atoms with van der Waals surface area (Å²) in [5.41, 5.74) is 6.28. The van der Waals surface area contributed by atoms with E-state index < -0.39 is 0 Å². The van der Waals surface area contributed by atoms with Gasteiger partial charge in [0, 0.05) is 10.9 Å². The molecular weight excluding hydrogens is 388 g/mol. The predicted molar refractivity (Wildman–Crippen MR) is 120 cm³/mol. The Morgan fingerprint density at radius 2 is 1.77 bits per heavy atom. The number of hydrazone groups is 1. The predicted octanol–water partition coefficient (Wildman–Crippen LogP) is 4.57. The third-order valence-electron chi connectivity index (χ3n) is 4.59. The second kappa shape index (κ2) is 9.33. The summed E-state index contributed by atoms with van der Waals surface area (Å²) in [7, 11) is 0. The molecule has 1 amide bonds. The van der Waals surface area contributed by atoms with Crippen molar-refractivity contribution in [2.45, 2.75) is 0 Å². The van der Waals surface area contributed by atoms with Crippen LogP contribution < -0.4 is 10.2 Å². The van der Waals surface area contributed by atoms with Crippen molar-refractivity contribution in [1.29, 1.82) is 5.26 Å². The Balaban J connectivity index is 1.56. The van der Waals surface area contributed by atoms with E-state index in [2.05, 4.69) is 10.5 Å². The minimum absolute atomic E-state index is 0.00560. The monoisotopic (exact) mass is 406 g/mol. The van der Waals surface area contributed by atoms with Crippen LogP contribution in [0.5, 0.6) is 5.75 Å². The fraction of sp³-hybridized carbons (Fsp3) is 0.0400. The number of nitrogens with zero attached hydrogens (tertiary/aromatic N) is 3. The van der Waals surface area contributed by atoms with Crippen molar-refractivity contribution in [3.05, 3.63) is 96.1 Å². The molecule has 0 saturated heterocycles. The van der Waals surface area contributed by atoms with E-state index in [9.17, 15) is 4.79 Å². The van der Waals surface area contributed by atoms with Crippen LogP contribution in [0.4, 0.5) is 0 Å². The highest BCUT2D eigenvalue weighted by atomic mass is 16.5. The topological polar surface area (TPSA) is 87.4 Å². The first-order valence-corrected chi connectivity index (χ1v) is 9.63. The Kier molecular flexibility index (Phi) is 5.96. The fourth-order valence-corrected chi connectivity index (χ4v) is 3.11. The van der Waals surface area contributed by atoms with Gasteiger partial charge in [0.1, 0.15) is 11.8 Å². The number of fused-ring (bicyclic) bond motifs is 1. The molecule has 0 atom stereocenters. The van der Waals surface area contributed by atoms with Gasteiger partial charge < -0.3 is 4.74 Å². The quantitative estimate of drug-likeness (QED) is 0.375. The average molecular weight is 406 g/mol. The lowest BCUT2D eigenvalue weighted by Crippen LogP contribution is -2.18. The van der Waals surface area contributed by atoms with Crippen LogP contribution in [0.3, 0.4) is 0 Å². The van der Waals surface area contributed by atoms with Crippen LogP contribution >= 0.6 is 0 Å². The molecule has 6 nitrogen and oxygen atoms in total. The van der Waals surface area contributed by atoms with Crippen LogP contribution in [-0.4, -0.2) is 23.7 Å². The molecule has 0 unspecified atom stereocenters. The SMILES string of the molecule is N#CCOc1ccc(/C=N\NC(=O)c2cc(-c3ccccc3)nc3ccccc23)cc1. The van der Waals surface area contributed by atoms with E-state index in [1.165, 1.54) is 0 Å². The summed E-state index contributed by atoms with van der Waals surface area (Å²) in [5, 5.41) is 13.4. The van der Waals surface area contributed by atoms with Gasteiger partial charge >= 0.3 is 0 Å². The maximum Gasteiger partial charge on any atom is 0.272 e. The van der Waals surface area contributed by atoms with Gasteiger partial charge in [0.05, 0.1) is 23.0 Å². The standard InChI is InChI=1S/C25H18N4O2/c26-14-15-31-20-12-10-18(11-13-20)17-27-29-25(30)22-16-24(19-6-2-1-3-7-19)28-23-9-5-4-8-21(22)23/h1-13,16-17H,15H2,(H,29,30)/b27-17-. The molecule has 1 aromatic heterocycles. The zero-order chi connectivity index (χ0) is 21.5. The van der Waals surface area contributed by atoms with E-state index in [1.807, 2.05) is 60.7 Å². The Hall–Kier alpha value is -4.50. The number of aromatic nitrogens is 1. The summed E-state index contributed by atoms with van der Waals surface area (Å²) in [5.74, 6) is 0.278. The number of hydrogen-bond acceptors (Lipinski definition) is 5. The lowest BCUT2D eigenvalue weighted by molar-refractivity contribution is 0.0956. The summed E-state index contributed by atoms with van der Waals surface area (Å²) in [4.78, 5) is 17.6. The van der Waals surface area contributed by atoms with Gasteiger partial charge in [-0.2, -0.15) is 10.4 Å². The molecule has 31 heavy (non-hydrogen) atoms. The first-order valence-electron chi connectivity index (χ1n) is 9.63. The van der Waals surface area contributed by atoms with Crippen molar-refractivity contribution in [3.8, 4) is 23.1 Å². The van der Waals surface area contributed by atoms with Gasteiger partial charge in [-0.15, -0.1) is 0 Å². The van der Waals surface area contributed by atoms with Crippen LogP contribution in [0.25, 0.3) is 22.2 Å². The first-order chi connectivity index (χ1) is 15.2. The average Bonchev–Trinajstić information content (AvgIpc) is 2.83. The molecule has 1 heterocycles. The molecule has 3 aromatic carbocycles. The van der Waals surface area contributed by atoms with Gasteiger partial charge in [0.15, 0.2) is 6.61 Å². The number of rotatable bonds is 6. The van der Waals surface area contributed by atoms with Crippen LogP contribution in [-0.2, 0) is 0 Å². The number of amides is 1. The third-order valence-corrected chi connectivity index (χ3v) is 4.59. The normalized spacial score (nSPS) is 10.7. The molecule has 0 aliphatic rings. The summed E-state index contributed by atoms with van der Waals surface area (Å²) < 4.78 is 5.22. The molecule has 0 spiro atoms. The molecule has 0 fully saturated rings. The molecule has 0 aliphatic carbocycles. The van der Waals surface area contributed by atoms with Gasteiger partial charge in [-0.05, 0) is 42.0 Å². The third kappa shape index (κ3) is 4.74. The Morgan fingerprint density at radius 1 is 1.03 bits per heavy atom. The zero-order valence-electron chi connectivity index (χ0n) is 16.5. The maximum absolute atomic E-state index is 12.9.